The Balaban J connectivity index is 1.81. The van der Waals surface area contributed by atoms with Gasteiger partial charge in [-0.05, 0) is 62.4 Å². The maximum absolute atomic E-state index is 11.4. The number of carboxylic acid groups (broad SMARTS) is 1. The summed E-state index contributed by atoms with van der Waals surface area (Å²) in [6, 6.07) is 6.28. The minimum atomic E-state index is -0.779. The van der Waals surface area contributed by atoms with E-state index >= 15 is 0 Å². The second-order valence-corrected chi connectivity index (χ2v) is 6.10. The predicted octanol–water partition coefficient (Wildman–Crippen LogP) is 3.12. The minimum absolute atomic E-state index is 0.516. The van der Waals surface area contributed by atoms with Crippen LogP contribution in [0.4, 0.5) is 0 Å². The molecule has 1 unspecified atom stereocenters. The Bertz CT molecular complexity index is 490. The first-order valence-electron chi connectivity index (χ1n) is 7.84. The Morgan fingerprint density at radius 3 is 2.60 bits per heavy atom. The third kappa shape index (κ3) is 2.73. The van der Waals surface area contributed by atoms with Gasteiger partial charge in [0.1, 0.15) is 0 Å². The van der Waals surface area contributed by atoms with E-state index in [2.05, 4.69) is 11.0 Å². The Morgan fingerprint density at radius 1 is 1.15 bits per heavy atom. The van der Waals surface area contributed by atoms with E-state index in [4.69, 9.17) is 0 Å². The Labute approximate surface area is 120 Å². The van der Waals surface area contributed by atoms with Crippen LogP contribution in [0.5, 0.6) is 0 Å². The van der Waals surface area contributed by atoms with Crippen LogP contribution < -0.4 is 0 Å². The maximum atomic E-state index is 11.4. The lowest BCUT2D eigenvalue weighted by Gasteiger charge is -2.35. The summed E-state index contributed by atoms with van der Waals surface area (Å²) in [6.07, 6.45) is 8.40. The van der Waals surface area contributed by atoms with Gasteiger partial charge in [-0.1, -0.05) is 25.0 Å². The molecule has 1 aliphatic heterocycles. The topological polar surface area (TPSA) is 40.5 Å². The summed E-state index contributed by atoms with van der Waals surface area (Å²) in [5.74, 6) is -0.779. The van der Waals surface area contributed by atoms with E-state index in [1.807, 2.05) is 6.07 Å². The summed E-state index contributed by atoms with van der Waals surface area (Å²) in [7, 11) is 0. The molecule has 1 fully saturated rings. The second kappa shape index (κ2) is 5.96. The van der Waals surface area contributed by atoms with Gasteiger partial charge < -0.3 is 10.0 Å². The summed E-state index contributed by atoms with van der Waals surface area (Å²) in [5, 5.41) is 9.37. The van der Waals surface area contributed by atoms with E-state index in [9.17, 15) is 9.90 Å². The molecule has 1 atom stereocenters. The van der Waals surface area contributed by atoms with Gasteiger partial charge in [-0.2, -0.15) is 0 Å². The predicted molar refractivity (Wildman–Crippen MR) is 79.3 cm³/mol. The molecule has 3 rings (SSSR count). The van der Waals surface area contributed by atoms with Crippen molar-refractivity contribution in [2.45, 2.75) is 51.0 Å². The lowest BCUT2D eigenvalue weighted by atomic mass is 9.84. The van der Waals surface area contributed by atoms with Crippen LogP contribution in [-0.4, -0.2) is 35.1 Å². The fourth-order valence-corrected chi connectivity index (χ4v) is 3.74. The van der Waals surface area contributed by atoms with Gasteiger partial charge in [0.25, 0.3) is 0 Å². The Morgan fingerprint density at radius 2 is 1.90 bits per heavy atom. The van der Waals surface area contributed by atoms with Gasteiger partial charge in [0.15, 0.2) is 0 Å². The Hall–Kier alpha value is -1.35. The highest BCUT2D eigenvalue weighted by Crippen LogP contribution is 2.28. The first-order valence-corrected chi connectivity index (χ1v) is 7.84. The molecule has 1 N–H and O–H groups in total. The average Bonchev–Trinajstić information content (AvgIpc) is 2.75. The van der Waals surface area contributed by atoms with Gasteiger partial charge in [0, 0.05) is 6.04 Å². The molecule has 2 aliphatic rings. The lowest BCUT2D eigenvalue weighted by molar-refractivity contribution is 0.0694. The zero-order valence-corrected chi connectivity index (χ0v) is 12.0. The van der Waals surface area contributed by atoms with Gasteiger partial charge in [-0.25, -0.2) is 4.79 Å². The molecule has 0 radical (unpaired) electrons. The third-order valence-corrected chi connectivity index (χ3v) is 4.85. The highest BCUT2D eigenvalue weighted by Gasteiger charge is 2.27. The van der Waals surface area contributed by atoms with Crippen molar-refractivity contribution in [3.63, 3.8) is 0 Å². The average molecular weight is 273 g/mol. The number of aryl methyl sites for hydroxylation is 1. The number of aromatic carboxylic acids is 1. The SMILES string of the molecule is O=C(O)c1cccc2c1CC(N1CCCCCC1)CC2. The van der Waals surface area contributed by atoms with Crippen molar-refractivity contribution in [2.75, 3.05) is 13.1 Å². The first kappa shape index (κ1) is 13.6. The summed E-state index contributed by atoms with van der Waals surface area (Å²) < 4.78 is 0. The van der Waals surface area contributed by atoms with Crippen molar-refractivity contribution in [3.05, 3.63) is 34.9 Å². The Kier molecular flexibility index (Phi) is 4.06. The standard InChI is InChI=1S/C17H23NO2/c19-17(20)15-7-5-6-13-8-9-14(12-16(13)15)18-10-3-1-2-4-11-18/h5-7,14H,1-4,8-12H2,(H,19,20). The third-order valence-electron chi connectivity index (χ3n) is 4.85. The second-order valence-electron chi connectivity index (χ2n) is 6.10. The number of likely N-dealkylation sites (tertiary alicyclic amines) is 1. The number of fused-ring (bicyclic) bond motifs is 1. The summed E-state index contributed by atoms with van der Waals surface area (Å²) in [5.41, 5.74) is 2.85. The summed E-state index contributed by atoms with van der Waals surface area (Å²) in [4.78, 5) is 14.0. The van der Waals surface area contributed by atoms with Crippen molar-refractivity contribution in [3.8, 4) is 0 Å². The molecule has 3 heteroatoms. The molecule has 0 bridgehead atoms. The maximum Gasteiger partial charge on any atom is 0.335 e. The van der Waals surface area contributed by atoms with Crippen LogP contribution in [0, 0.1) is 0 Å². The number of benzene rings is 1. The zero-order valence-electron chi connectivity index (χ0n) is 12.0. The van der Waals surface area contributed by atoms with Crippen LogP contribution >= 0.6 is 0 Å². The van der Waals surface area contributed by atoms with E-state index < -0.39 is 5.97 Å². The highest BCUT2D eigenvalue weighted by molar-refractivity contribution is 5.89. The zero-order chi connectivity index (χ0) is 13.9. The van der Waals surface area contributed by atoms with Crippen LogP contribution in [0.15, 0.2) is 18.2 Å². The van der Waals surface area contributed by atoms with Crippen molar-refractivity contribution in [1.82, 2.24) is 4.90 Å². The smallest absolute Gasteiger partial charge is 0.335 e. The molecule has 1 aromatic rings. The van der Waals surface area contributed by atoms with E-state index in [1.54, 1.807) is 6.07 Å². The van der Waals surface area contributed by atoms with Gasteiger partial charge in [-0.15, -0.1) is 0 Å². The van der Waals surface area contributed by atoms with Crippen molar-refractivity contribution in [1.29, 1.82) is 0 Å². The molecule has 20 heavy (non-hydrogen) atoms. The number of rotatable bonds is 2. The first-order chi connectivity index (χ1) is 9.75. The number of hydrogen-bond acceptors (Lipinski definition) is 2. The van der Waals surface area contributed by atoms with Gasteiger partial charge in [0.05, 0.1) is 5.56 Å². The molecule has 1 aliphatic carbocycles. The number of carboxylic acids is 1. The molecule has 3 nitrogen and oxygen atoms in total. The van der Waals surface area contributed by atoms with Gasteiger partial charge in [0.2, 0.25) is 0 Å². The molecule has 1 aromatic carbocycles. The van der Waals surface area contributed by atoms with Gasteiger partial charge >= 0.3 is 5.97 Å². The van der Waals surface area contributed by atoms with Crippen molar-refractivity contribution < 1.29 is 9.90 Å². The molecular weight excluding hydrogens is 250 g/mol. The number of carbonyl (C=O) groups is 1. The molecule has 0 spiro atoms. The summed E-state index contributed by atoms with van der Waals surface area (Å²) in [6.45, 7) is 2.38. The number of hydrogen-bond donors (Lipinski definition) is 1. The van der Waals surface area contributed by atoms with E-state index in [0.717, 1.165) is 18.4 Å². The van der Waals surface area contributed by atoms with E-state index in [-0.39, 0.29) is 0 Å². The van der Waals surface area contributed by atoms with Crippen molar-refractivity contribution >= 4 is 5.97 Å². The van der Waals surface area contributed by atoms with E-state index in [1.165, 1.54) is 50.8 Å². The molecule has 0 saturated carbocycles. The van der Waals surface area contributed by atoms with Crippen LogP contribution in [0.25, 0.3) is 0 Å². The largest absolute Gasteiger partial charge is 0.478 e. The monoisotopic (exact) mass is 273 g/mol. The molecule has 0 amide bonds. The number of nitrogens with zero attached hydrogens (tertiary/aromatic N) is 1. The minimum Gasteiger partial charge on any atom is -0.478 e. The fourth-order valence-electron chi connectivity index (χ4n) is 3.74. The van der Waals surface area contributed by atoms with Crippen molar-refractivity contribution in [2.24, 2.45) is 0 Å². The fraction of sp³-hybridized carbons (Fsp3) is 0.588. The summed E-state index contributed by atoms with van der Waals surface area (Å²) >= 11 is 0. The molecular formula is C17H23NO2. The van der Waals surface area contributed by atoms with Crippen LogP contribution in [-0.2, 0) is 12.8 Å². The quantitative estimate of drug-likeness (QED) is 0.900. The van der Waals surface area contributed by atoms with Crippen LogP contribution in [0.2, 0.25) is 0 Å². The molecule has 0 aromatic heterocycles. The van der Waals surface area contributed by atoms with Crippen LogP contribution in [0.1, 0.15) is 53.6 Å². The normalized spacial score (nSPS) is 23.9. The van der Waals surface area contributed by atoms with Crippen LogP contribution in [0.3, 0.4) is 0 Å². The molecule has 1 saturated heterocycles. The van der Waals surface area contributed by atoms with Gasteiger partial charge in [-0.3, -0.25) is 0 Å². The van der Waals surface area contributed by atoms with E-state index in [0.29, 0.717) is 11.6 Å². The highest BCUT2D eigenvalue weighted by atomic mass is 16.4. The molecule has 1 heterocycles. The lowest BCUT2D eigenvalue weighted by Crippen LogP contribution is -2.40. The molecule has 108 valence electrons.